The number of pyridine rings is 1. The lowest BCUT2D eigenvalue weighted by atomic mass is 10.1. The first-order valence-corrected chi connectivity index (χ1v) is 8.65. The maximum absolute atomic E-state index is 12.5. The predicted molar refractivity (Wildman–Crippen MR) is 97.0 cm³/mol. The molecule has 0 aliphatic carbocycles. The Labute approximate surface area is 148 Å². The highest BCUT2D eigenvalue weighted by Gasteiger charge is 2.24. The van der Waals surface area contributed by atoms with Crippen molar-refractivity contribution >= 4 is 17.4 Å². The van der Waals surface area contributed by atoms with Crippen molar-refractivity contribution in [2.45, 2.75) is 32.2 Å². The van der Waals surface area contributed by atoms with Crippen LogP contribution in [0.1, 0.15) is 35.5 Å². The quantitative estimate of drug-likeness (QED) is 0.920. The average molecular weight is 343 g/mol. The second kappa shape index (κ2) is 7.55. The maximum atomic E-state index is 12.5. The van der Waals surface area contributed by atoms with Crippen LogP contribution in [-0.2, 0) is 0 Å². The Hall–Kier alpha value is -2.57. The molecule has 25 heavy (non-hydrogen) atoms. The zero-order valence-corrected chi connectivity index (χ0v) is 15.0. The molecule has 0 aromatic carbocycles. The number of carbonyl (C=O) groups is 1. The fourth-order valence-corrected chi connectivity index (χ4v) is 3.04. The van der Waals surface area contributed by atoms with Crippen molar-refractivity contribution in [3.05, 3.63) is 35.9 Å². The zero-order valence-electron chi connectivity index (χ0n) is 15.0. The Kier molecular flexibility index (Phi) is 5.21. The van der Waals surface area contributed by atoms with Gasteiger partial charge >= 0.3 is 0 Å². The number of hydrogen-bond acceptors (Lipinski definition) is 6. The summed E-state index contributed by atoms with van der Waals surface area (Å²) in [6.45, 7) is 3.27. The maximum Gasteiger partial charge on any atom is 0.292 e. The normalized spacial score (nSPS) is 17.9. The monoisotopic (exact) mass is 343 g/mol. The summed E-state index contributed by atoms with van der Waals surface area (Å²) in [5, 5.41) is 7.34. The van der Waals surface area contributed by atoms with Crippen LogP contribution in [0.3, 0.4) is 0 Å². The Bertz CT molecular complexity index is 711. The molecule has 0 spiro atoms. The second-order valence-electron chi connectivity index (χ2n) is 6.70. The summed E-state index contributed by atoms with van der Waals surface area (Å²) in [5.41, 5.74) is 1.74. The van der Waals surface area contributed by atoms with Crippen LogP contribution < -0.4 is 10.2 Å². The van der Waals surface area contributed by atoms with Crippen LogP contribution in [0, 0.1) is 6.92 Å². The Morgan fingerprint density at radius 2 is 2.16 bits per heavy atom. The number of nitrogens with zero attached hydrogens (tertiary/aromatic N) is 4. The van der Waals surface area contributed by atoms with E-state index < -0.39 is 0 Å². The predicted octanol–water partition coefficient (Wildman–Crippen LogP) is 2.55. The molecular weight excluding hydrogens is 318 g/mol. The van der Waals surface area contributed by atoms with Crippen molar-refractivity contribution in [2.75, 3.05) is 37.4 Å². The van der Waals surface area contributed by atoms with Crippen LogP contribution in [0.15, 0.2) is 28.9 Å². The van der Waals surface area contributed by atoms with E-state index in [1.54, 1.807) is 6.07 Å². The fraction of sp³-hybridized carbons (Fsp3) is 0.500. The van der Waals surface area contributed by atoms with Crippen LogP contribution in [0.2, 0.25) is 0 Å². The smallest absolute Gasteiger partial charge is 0.292 e. The van der Waals surface area contributed by atoms with Gasteiger partial charge in [0.15, 0.2) is 0 Å². The lowest BCUT2D eigenvalue weighted by Gasteiger charge is -2.20. The van der Waals surface area contributed by atoms with Crippen molar-refractivity contribution in [1.29, 1.82) is 0 Å². The summed E-state index contributed by atoms with van der Waals surface area (Å²) < 4.78 is 5.10. The topological polar surface area (TPSA) is 74.5 Å². The minimum Gasteiger partial charge on any atom is -0.381 e. The van der Waals surface area contributed by atoms with Crippen molar-refractivity contribution in [3.8, 4) is 0 Å². The van der Waals surface area contributed by atoms with Crippen molar-refractivity contribution in [3.63, 3.8) is 0 Å². The van der Waals surface area contributed by atoms with Gasteiger partial charge in [0.05, 0.1) is 17.6 Å². The highest BCUT2D eigenvalue weighted by atomic mass is 16.5. The van der Waals surface area contributed by atoms with Gasteiger partial charge in [-0.15, -0.1) is 0 Å². The van der Waals surface area contributed by atoms with E-state index >= 15 is 0 Å². The van der Waals surface area contributed by atoms with Crippen LogP contribution in [-0.4, -0.2) is 54.2 Å². The molecular formula is C18H25N5O2. The van der Waals surface area contributed by atoms with E-state index in [4.69, 9.17) is 4.52 Å². The molecule has 7 heteroatoms. The van der Waals surface area contributed by atoms with E-state index in [9.17, 15) is 4.79 Å². The van der Waals surface area contributed by atoms with Crippen molar-refractivity contribution in [1.82, 2.24) is 15.0 Å². The number of anilines is 2. The molecule has 2 aromatic heterocycles. The Morgan fingerprint density at radius 1 is 1.32 bits per heavy atom. The summed E-state index contributed by atoms with van der Waals surface area (Å²) in [6, 6.07) is 6.08. The first-order valence-electron chi connectivity index (χ1n) is 8.65. The molecule has 1 saturated heterocycles. The largest absolute Gasteiger partial charge is 0.381 e. The third-order valence-corrected chi connectivity index (χ3v) is 4.43. The van der Waals surface area contributed by atoms with Gasteiger partial charge in [0.25, 0.3) is 5.91 Å². The number of aryl methyl sites for hydroxylation is 1. The minimum atomic E-state index is -0.0711. The number of nitrogens with one attached hydrogen (secondary N) is 1. The van der Waals surface area contributed by atoms with Gasteiger partial charge in [-0.1, -0.05) is 5.16 Å². The third-order valence-electron chi connectivity index (χ3n) is 4.43. The molecule has 7 nitrogen and oxygen atoms in total. The third kappa shape index (κ3) is 4.29. The average Bonchev–Trinajstić information content (AvgIpc) is 2.90. The number of aromatic nitrogens is 2. The molecule has 1 amide bonds. The van der Waals surface area contributed by atoms with Crippen molar-refractivity contribution < 1.29 is 9.32 Å². The summed E-state index contributed by atoms with van der Waals surface area (Å²) in [7, 11) is 3.95. The molecule has 1 aliphatic heterocycles. The first-order chi connectivity index (χ1) is 12.0. The molecule has 3 rings (SSSR count). The van der Waals surface area contributed by atoms with E-state index in [0.717, 1.165) is 43.0 Å². The molecule has 134 valence electrons. The molecule has 0 saturated carbocycles. The summed E-state index contributed by atoms with van der Waals surface area (Å²) >= 11 is 0. The highest BCUT2D eigenvalue weighted by Crippen LogP contribution is 2.19. The van der Waals surface area contributed by atoms with E-state index in [1.807, 2.05) is 49.1 Å². The molecule has 1 unspecified atom stereocenters. The number of amides is 1. The first kappa shape index (κ1) is 17.3. The van der Waals surface area contributed by atoms with Crippen molar-refractivity contribution in [2.24, 2.45) is 0 Å². The number of likely N-dealkylation sites (tertiary alicyclic amines) is 1. The molecule has 1 atom stereocenters. The van der Waals surface area contributed by atoms with E-state index in [-0.39, 0.29) is 5.91 Å². The van der Waals surface area contributed by atoms with Crippen LogP contribution in [0.5, 0.6) is 0 Å². The van der Waals surface area contributed by atoms with Gasteiger partial charge in [0.2, 0.25) is 5.76 Å². The SMILES string of the molecule is Cc1cc(C(=O)N2CCCC(Nc3ccc(N(C)C)nc3)CC2)on1. The van der Waals surface area contributed by atoms with Crippen LogP contribution in [0.25, 0.3) is 0 Å². The molecule has 1 aliphatic rings. The molecule has 0 bridgehead atoms. The molecule has 1 N–H and O–H groups in total. The number of rotatable bonds is 4. The summed E-state index contributed by atoms with van der Waals surface area (Å²) in [4.78, 5) is 20.8. The van der Waals surface area contributed by atoms with Gasteiger partial charge in [-0.3, -0.25) is 4.79 Å². The van der Waals surface area contributed by atoms with E-state index in [2.05, 4.69) is 15.5 Å². The number of carbonyl (C=O) groups excluding carboxylic acids is 1. The minimum absolute atomic E-state index is 0.0711. The van der Waals surface area contributed by atoms with Crippen LogP contribution >= 0.6 is 0 Å². The standard InChI is InChI=1S/C18H25N5O2/c1-13-11-16(25-21-13)18(24)23-9-4-5-14(8-10-23)20-15-6-7-17(19-12-15)22(2)3/h6-7,11-12,14,20H,4-5,8-10H2,1-3H3. The molecule has 0 radical (unpaired) electrons. The summed E-state index contributed by atoms with van der Waals surface area (Å²) in [5.74, 6) is 1.19. The van der Waals surface area contributed by atoms with Gasteiger partial charge in [-0.05, 0) is 38.3 Å². The highest BCUT2D eigenvalue weighted by molar-refractivity contribution is 5.91. The van der Waals surface area contributed by atoms with E-state index in [0.29, 0.717) is 18.3 Å². The summed E-state index contributed by atoms with van der Waals surface area (Å²) in [6.07, 6.45) is 4.74. The van der Waals surface area contributed by atoms with Gasteiger partial charge in [-0.25, -0.2) is 4.98 Å². The van der Waals surface area contributed by atoms with Gasteiger partial charge in [0.1, 0.15) is 5.82 Å². The molecule has 1 fully saturated rings. The van der Waals surface area contributed by atoms with Crippen LogP contribution in [0.4, 0.5) is 11.5 Å². The van der Waals surface area contributed by atoms with Gasteiger partial charge < -0.3 is 19.6 Å². The fourth-order valence-electron chi connectivity index (χ4n) is 3.04. The second-order valence-corrected chi connectivity index (χ2v) is 6.70. The van der Waals surface area contributed by atoms with E-state index in [1.165, 1.54) is 0 Å². The number of hydrogen-bond donors (Lipinski definition) is 1. The Balaban J connectivity index is 1.57. The Morgan fingerprint density at radius 3 is 2.80 bits per heavy atom. The van der Waals surface area contributed by atoms with Gasteiger partial charge in [0, 0.05) is 39.3 Å². The molecule has 2 aromatic rings. The van der Waals surface area contributed by atoms with Gasteiger partial charge in [-0.2, -0.15) is 0 Å². The zero-order chi connectivity index (χ0) is 17.8. The molecule has 3 heterocycles. The lowest BCUT2D eigenvalue weighted by Crippen LogP contribution is -2.32. The lowest BCUT2D eigenvalue weighted by molar-refractivity contribution is 0.0719.